The van der Waals surface area contributed by atoms with Crippen LogP contribution in [0.5, 0.6) is 0 Å². The van der Waals surface area contributed by atoms with E-state index in [1.807, 2.05) is 18.3 Å². The molecule has 0 radical (unpaired) electrons. The van der Waals surface area contributed by atoms with Gasteiger partial charge in [-0.1, -0.05) is 52.0 Å². The van der Waals surface area contributed by atoms with Crippen LogP contribution in [0.2, 0.25) is 0 Å². The quantitative estimate of drug-likeness (QED) is 0.476. The molecule has 3 heteroatoms. The summed E-state index contributed by atoms with van der Waals surface area (Å²) in [5.41, 5.74) is 7.83. The van der Waals surface area contributed by atoms with Crippen LogP contribution in [-0.4, -0.2) is 12.1 Å². The molecule has 0 atom stereocenters. The smallest absolute Gasteiger partial charge is 0.109 e. The van der Waals surface area contributed by atoms with Gasteiger partial charge in [0.15, 0.2) is 0 Å². The Morgan fingerprint density at radius 1 is 1.04 bits per heavy atom. The van der Waals surface area contributed by atoms with Crippen molar-refractivity contribution in [2.24, 2.45) is 0 Å². The van der Waals surface area contributed by atoms with E-state index in [4.69, 9.17) is 4.89 Å². The Balaban J connectivity index is 1.89. The predicted octanol–water partition coefficient (Wildman–Crippen LogP) is 6.07. The highest BCUT2D eigenvalue weighted by Crippen LogP contribution is 2.46. The van der Waals surface area contributed by atoms with Crippen molar-refractivity contribution < 1.29 is 9.78 Å². The predicted molar refractivity (Wildman–Crippen MR) is 111 cm³/mol. The van der Waals surface area contributed by atoms with Crippen molar-refractivity contribution in [1.29, 1.82) is 0 Å². The fourth-order valence-electron chi connectivity index (χ4n) is 3.89. The fourth-order valence-corrected chi connectivity index (χ4v) is 3.89. The van der Waals surface area contributed by atoms with Crippen molar-refractivity contribution in [3.63, 3.8) is 0 Å². The summed E-state index contributed by atoms with van der Waals surface area (Å²) in [5, 5.41) is 0. The van der Waals surface area contributed by atoms with Crippen LogP contribution < -0.4 is 0 Å². The van der Waals surface area contributed by atoms with Crippen LogP contribution >= 0.6 is 0 Å². The zero-order chi connectivity index (χ0) is 19.7. The highest BCUT2D eigenvalue weighted by atomic mass is 17.2. The van der Waals surface area contributed by atoms with Gasteiger partial charge >= 0.3 is 0 Å². The average molecular weight is 366 g/mol. The Morgan fingerprint density at radius 2 is 1.74 bits per heavy atom. The van der Waals surface area contributed by atoms with Crippen LogP contribution in [0.4, 0.5) is 0 Å². The SMILES string of the molecule is COOCc1ccc(/C(C)=C\c2ccc3c(c2)C(C)(C)CCC3(C)C)nc1. The maximum atomic E-state index is 4.95. The number of pyridine rings is 1. The van der Waals surface area contributed by atoms with Gasteiger partial charge in [0, 0.05) is 6.20 Å². The molecule has 27 heavy (non-hydrogen) atoms. The van der Waals surface area contributed by atoms with Gasteiger partial charge in [-0.15, -0.1) is 0 Å². The van der Waals surface area contributed by atoms with Crippen molar-refractivity contribution in [2.75, 3.05) is 7.11 Å². The van der Waals surface area contributed by atoms with Crippen molar-refractivity contribution >= 4 is 11.6 Å². The summed E-state index contributed by atoms with van der Waals surface area (Å²) >= 11 is 0. The molecule has 0 saturated heterocycles. The molecule has 1 heterocycles. The maximum Gasteiger partial charge on any atom is 0.109 e. The highest BCUT2D eigenvalue weighted by Gasteiger charge is 2.36. The lowest BCUT2D eigenvalue weighted by Crippen LogP contribution is -2.33. The Hall–Kier alpha value is -1.97. The van der Waals surface area contributed by atoms with E-state index in [0.29, 0.717) is 6.61 Å². The third kappa shape index (κ3) is 4.31. The molecule has 1 aromatic carbocycles. The largest absolute Gasteiger partial charge is 0.256 e. The molecule has 0 saturated carbocycles. The number of rotatable bonds is 5. The van der Waals surface area contributed by atoms with Gasteiger partial charge in [-0.25, -0.2) is 9.78 Å². The fraction of sp³-hybridized carbons (Fsp3) is 0.458. The second kappa shape index (κ2) is 7.57. The molecule has 0 fully saturated rings. The summed E-state index contributed by atoms with van der Waals surface area (Å²) in [5.74, 6) is 0. The van der Waals surface area contributed by atoms with E-state index in [-0.39, 0.29) is 10.8 Å². The first-order chi connectivity index (χ1) is 12.7. The standard InChI is InChI=1S/C24H31NO2/c1-17(22-10-8-19(15-25-22)16-27-26-6)13-18-7-9-20-21(14-18)24(4,5)12-11-23(20,2)3/h7-10,13-15H,11-12,16H2,1-6H3/b17-13-. The van der Waals surface area contributed by atoms with Crippen molar-refractivity contribution in [3.8, 4) is 0 Å². The average Bonchev–Trinajstić information content (AvgIpc) is 2.64. The summed E-state index contributed by atoms with van der Waals surface area (Å²) < 4.78 is 0. The first-order valence-electron chi connectivity index (χ1n) is 9.67. The lowest BCUT2D eigenvalue weighted by Gasteiger charge is -2.42. The molecule has 0 aliphatic heterocycles. The molecular weight excluding hydrogens is 334 g/mol. The van der Waals surface area contributed by atoms with E-state index in [1.54, 1.807) is 0 Å². The summed E-state index contributed by atoms with van der Waals surface area (Å²) in [4.78, 5) is 14.2. The van der Waals surface area contributed by atoms with Gasteiger partial charge in [0.25, 0.3) is 0 Å². The van der Waals surface area contributed by atoms with E-state index in [9.17, 15) is 0 Å². The molecule has 1 aliphatic carbocycles. The topological polar surface area (TPSA) is 31.4 Å². The molecule has 0 N–H and O–H groups in total. The lowest BCUT2D eigenvalue weighted by molar-refractivity contribution is -0.282. The number of benzene rings is 1. The minimum absolute atomic E-state index is 0.226. The Labute approximate surface area is 163 Å². The minimum atomic E-state index is 0.226. The molecule has 3 nitrogen and oxygen atoms in total. The van der Waals surface area contributed by atoms with E-state index >= 15 is 0 Å². The molecular formula is C24H31NO2. The monoisotopic (exact) mass is 365 g/mol. The Kier molecular flexibility index (Phi) is 5.55. The number of aromatic nitrogens is 1. The van der Waals surface area contributed by atoms with E-state index in [0.717, 1.165) is 16.8 Å². The van der Waals surface area contributed by atoms with Gasteiger partial charge < -0.3 is 0 Å². The van der Waals surface area contributed by atoms with Crippen LogP contribution in [0.1, 0.15) is 75.4 Å². The van der Waals surface area contributed by atoms with Gasteiger partial charge in [0.05, 0.1) is 12.8 Å². The zero-order valence-electron chi connectivity index (χ0n) is 17.4. The maximum absolute atomic E-state index is 4.95. The van der Waals surface area contributed by atoms with Gasteiger partial charge in [0.2, 0.25) is 0 Å². The number of hydrogen-bond acceptors (Lipinski definition) is 3. The summed E-state index contributed by atoms with van der Waals surface area (Å²) in [7, 11) is 1.51. The molecule has 0 amide bonds. The van der Waals surface area contributed by atoms with Crippen molar-refractivity contribution in [3.05, 3.63) is 64.5 Å². The van der Waals surface area contributed by atoms with Crippen LogP contribution in [0, 0.1) is 0 Å². The van der Waals surface area contributed by atoms with Crippen LogP contribution in [0.25, 0.3) is 11.6 Å². The normalized spacial score (nSPS) is 18.2. The van der Waals surface area contributed by atoms with Gasteiger partial charge in [-0.2, -0.15) is 0 Å². The molecule has 1 aliphatic rings. The van der Waals surface area contributed by atoms with E-state index in [1.165, 1.54) is 36.6 Å². The van der Waals surface area contributed by atoms with Crippen LogP contribution in [-0.2, 0) is 27.2 Å². The third-order valence-electron chi connectivity index (χ3n) is 5.83. The molecule has 0 bridgehead atoms. The number of fused-ring (bicyclic) bond motifs is 1. The first kappa shape index (κ1) is 19.8. The first-order valence-corrected chi connectivity index (χ1v) is 9.67. The number of hydrogen-bond donors (Lipinski definition) is 0. The second-order valence-electron chi connectivity index (χ2n) is 8.88. The van der Waals surface area contributed by atoms with Crippen molar-refractivity contribution in [1.82, 2.24) is 4.98 Å². The lowest BCUT2D eigenvalue weighted by atomic mass is 9.63. The molecule has 0 spiro atoms. The zero-order valence-corrected chi connectivity index (χ0v) is 17.4. The molecule has 144 valence electrons. The molecule has 0 unspecified atom stereocenters. The second-order valence-corrected chi connectivity index (χ2v) is 8.88. The van der Waals surface area contributed by atoms with Gasteiger partial charge in [-0.3, -0.25) is 4.98 Å². The van der Waals surface area contributed by atoms with Crippen molar-refractivity contribution in [2.45, 2.75) is 64.9 Å². The third-order valence-corrected chi connectivity index (χ3v) is 5.83. The molecule has 2 aromatic rings. The molecule has 3 rings (SSSR count). The summed E-state index contributed by atoms with van der Waals surface area (Å²) in [6, 6.07) is 11.0. The summed E-state index contributed by atoms with van der Waals surface area (Å²) in [6.07, 6.45) is 6.53. The highest BCUT2D eigenvalue weighted by molar-refractivity contribution is 5.79. The van der Waals surface area contributed by atoms with Gasteiger partial charge in [-0.05, 0) is 70.6 Å². The van der Waals surface area contributed by atoms with E-state index < -0.39 is 0 Å². The van der Waals surface area contributed by atoms with E-state index in [2.05, 4.69) is 68.8 Å². The number of nitrogens with zero attached hydrogens (tertiary/aromatic N) is 1. The van der Waals surface area contributed by atoms with Crippen LogP contribution in [0.15, 0.2) is 36.5 Å². The summed E-state index contributed by atoms with van der Waals surface area (Å²) in [6.45, 7) is 12.0. The molecule has 1 aromatic heterocycles. The minimum Gasteiger partial charge on any atom is -0.256 e. The number of allylic oxidation sites excluding steroid dienone is 1. The van der Waals surface area contributed by atoms with Gasteiger partial charge in [0.1, 0.15) is 6.61 Å². The van der Waals surface area contributed by atoms with Crippen LogP contribution in [0.3, 0.4) is 0 Å². The Morgan fingerprint density at radius 3 is 2.37 bits per heavy atom. The Bertz CT molecular complexity index is 832.